The van der Waals surface area contributed by atoms with Crippen LogP contribution in [0.15, 0.2) is 57.8 Å². The Labute approximate surface area is 156 Å². The van der Waals surface area contributed by atoms with Gasteiger partial charge in [0, 0.05) is 23.6 Å². The average Bonchev–Trinajstić information content (AvgIpc) is 2.66. The maximum Gasteiger partial charge on any atom is 0.336 e. The second kappa shape index (κ2) is 7.71. The van der Waals surface area contributed by atoms with E-state index in [1.54, 1.807) is 30.3 Å². The fourth-order valence-electron chi connectivity index (χ4n) is 2.81. The first-order valence-corrected chi connectivity index (χ1v) is 8.48. The third-order valence-electron chi connectivity index (χ3n) is 4.20. The lowest BCUT2D eigenvalue weighted by Gasteiger charge is -2.10. The number of carbonyl (C=O) groups excluding carboxylic acids is 1. The van der Waals surface area contributed by atoms with Crippen LogP contribution in [-0.2, 0) is 11.2 Å². The van der Waals surface area contributed by atoms with Gasteiger partial charge in [-0.25, -0.2) is 9.59 Å². The second-order valence-corrected chi connectivity index (χ2v) is 6.01. The zero-order valence-corrected chi connectivity index (χ0v) is 15.0. The van der Waals surface area contributed by atoms with Crippen LogP contribution >= 0.6 is 0 Å². The number of hydrogen-bond donors (Lipinski definition) is 0. The van der Waals surface area contributed by atoms with Gasteiger partial charge < -0.3 is 9.15 Å². The Hall–Kier alpha value is -3.65. The maximum absolute atomic E-state index is 12.2. The number of hydrogen-bond acceptors (Lipinski definition) is 5. The summed E-state index contributed by atoms with van der Waals surface area (Å²) in [5, 5.41) is 9.91. The largest absolute Gasteiger partial charge is 0.423 e. The Morgan fingerprint density at radius 2 is 2.04 bits per heavy atom. The van der Waals surface area contributed by atoms with Crippen molar-refractivity contribution in [1.82, 2.24) is 0 Å². The summed E-state index contributed by atoms with van der Waals surface area (Å²) in [7, 11) is 0. The highest BCUT2D eigenvalue weighted by molar-refractivity contribution is 5.90. The first kappa shape index (κ1) is 18.2. The summed E-state index contributed by atoms with van der Waals surface area (Å²) in [6.07, 6.45) is 3.46. The van der Waals surface area contributed by atoms with E-state index in [0.717, 1.165) is 16.5 Å². The summed E-state index contributed by atoms with van der Waals surface area (Å²) < 4.78 is 10.7. The van der Waals surface area contributed by atoms with Gasteiger partial charge in [-0.3, -0.25) is 0 Å². The topological polar surface area (TPSA) is 80.3 Å². The molecule has 1 aromatic heterocycles. The summed E-state index contributed by atoms with van der Waals surface area (Å²) in [6, 6.07) is 13.9. The molecule has 0 unspecified atom stereocenters. The molecule has 0 aliphatic heterocycles. The zero-order valence-electron chi connectivity index (χ0n) is 15.0. The van der Waals surface area contributed by atoms with Crippen molar-refractivity contribution in [2.75, 3.05) is 0 Å². The van der Waals surface area contributed by atoms with Gasteiger partial charge in [-0.05, 0) is 48.2 Å². The molecule has 0 amide bonds. The Balaban J connectivity index is 1.91. The molecule has 5 heteroatoms. The number of carbonyl (C=O) groups is 1. The smallest absolute Gasteiger partial charge is 0.336 e. The van der Waals surface area contributed by atoms with Crippen LogP contribution in [0.5, 0.6) is 5.75 Å². The van der Waals surface area contributed by atoms with Gasteiger partial charge in [0.15, 0.2) is 0 Å². The molecule has 0 atom stereocenters. The van der Waals surface area contributed by atoms with E-state index in [2.05, 4.69) is 6.07 Å². The van der Waals surface area contributed by atoms with Gasteiger partial charge in [0.05, 0.1) is 11.6 Å². The van der Waals surface area contributed by atoms with Crippen LogP contribution in [0.4, 0.5) is 0 Å². The monoisotopic (exact) mass is 359 g/mol. The molecule has 0 fully saturated rings. The van der Waals surface area contributed by atoms with Crippen molar-refractivity contribution in [2.24, 2.45) is 0 Å². The van der Waals surface area contributed by atoms with Gasteiger partial charge in [-0.2, -0.15) is 5.26 Å². The molecule has 27 heavy (non-hydrogen) atoms. The van der Waals surface area contributed by atoms with Gasteiger partial charge in [0.2, 0.25) is 0 Å². The van der Waals surface area contributed by atoms with Crippen molar-refractivity contribution in [3.63, 3.8) is 0 Å². The summed E-state index contributed by atoms with van der Waals surface area (Å²) in [5.74, 6) is -0.228. The molecule has 1 heterocycles. The van der Waals surface area contributed by atoms with Crippen LogP contribution in [0.3, 0.4) is 0 Å². The predicted molar refractivity (Wildman–Crippen MR) is 102 cm³/mol. The van der Waals surface area contributed by atoms with Gasteiger partial charge in [-0.15, -0.1) is 0 Å². The molecular weight excluding hydrogens is 342 g/mol. The lowest BCUT2D eigenvalue weighted by atomic mass is 10.1. The second-order valence-electron chi connectivity index (χ2n) is 6.01. The molecular formula is C22H17NO4. The standard InChI is InChI=1S/C22H17NO4/c1-3-15-11-18-14(2)10-22(25)27-20(18)12-19(15)26-21(24)9-8-16-6-4-5-7-17(16)13-23/h4-12H,3H2,1-2H3/b9-8+. The number of ether oxygens (including phenoxy) is 1. The number of fused-ring (bicyclic) bond motifs is 1. The van der Waals surface area contributed by atoms with E-state index in [0.29, 0.717) is 28.9 Å². The van der Waals surface area contributed by atoms with Crippen LogP contribution in [0.1, 0.15) is 29.2 Å². The molecule has 0 saturated carbocycles. The van der Waals surface area contributed by atoms with Crippen molar-refractivity contribution in [1.29, 1.82) is 5.26 Å². The quantitative estimate of drug-likeness (QED) is 0.302. The normalized spacial score (nSPS) is 10.9. The highest BCUT2D eigenvalue weighted by Gasteiger charge is 2.12. The first-order chi connectivity index (χ1) is 13.0. The van der Waals surface area contributed by atoms with Crippen molar-refractivity contribution >= 4 is 23.0 Å². The van der Waals surface area contributed by atoms with Crippen molar-refractivity contribution in [3.8, 4) is 11.8 Å². The lowest BCUT2D eigenvalue weighted by molar-refractivity contribution is -0.128. The zero-order chi connectivity index (χ0) is 19.4. The van der Waals surface area contributed by atoms with Crippen LogP contribution < -0.4 is 10.4 Å². The van der Waals surface area contributed by atoms with Crippen LogP contribution in [0.25, 0.3) is 17.0 Å². The van der Waals surface area contributed by atoms with E-state index >= 15 is 0 Å². The summed E-state index contributed by atoms with van der Waals surface area (Å²) in [6.45, 7) is 3.78. The van der Waals surface area contributed by atoms with Crippen molar-refractivity contribution in [2.45, 2.75) is 20.3 Å². The fraction of sp³-hybridized carbons (Fsp3) is 0.136. The molecule has 3 aromatic rings. The molecule has 0 radical (unpaired) electrons. The third-order valence-corrected chi connectivity index (χ3v) is 4.20. The number of nitrogens with zero attached hydrogens (tertiary/aromatic N) is 1. The molecule has 134 valence electrons. The number of aryl methyl sites for hydroxylation is 2. The number of nitriles is 1. The van der Waals surface area contributed by atoms with Gasteiger partial charge in [-0.1, -0.05) is 25.1 Å². The van der Waals surface area contributed by atoms with Gasteiger partial charge in [0.1, 0.15) is 11.3 Å². The molecule has 0 N–H and O–H groups in total. The lowest BCUT2D eigenvalue weighted by Crippen LogP contribution is -2.06. The molecule has 0 saturated heterocycles. The summed E-state index contributed by atoms with van der Waals surface area (Å²) in [5.41, 5.74) is 2.67. The Bertz CT molecular complexity index is 1150. The van der Waals surface area contributed by atoms with Crippen molar-refractivity contribution < 1.29 is 13.9 Å². The van der Waals surface area contributed by atoms with E-state index in [-0.39, 0.29) is 0 Å². The van der Waals surface area contributed by atoms with Crippen LogP contribution in [0, 0.1) is 18.3 Å². The fourth-order valence-corrected chi connectivity index (χ4v) is 2.81. The summed E-state index contributed by atoms with van der Waals surface area (Å²) in [4.78, 5) is 23.8. The van der Waals surface area contributed by atoms with E-state index in [1.807, 2.05) is 19.9 Å². The Morgan fingerprint density at radius 1 is 1.26 bits per heavy atom. The molecule has 0 aliphatic carbocycles. The van der Waals surface area contributed by atoms with Gasteiger partial charge in [0.25, 0.3) is 0 Å². The Kier molecular flexibility index (Phi) is 5.18. The predicted octanol–water partition coefficient (Wildman–Crippen LogP) is 4.15. The Morgan fingerprint density at radius 3 is 2.78 bits per heavy atom. The number of benzene rings is 2. The minimum absolute atomic E-state index is 0.349. The molecule has 0 bridgehead atoms. The highest BCUT2D eigenvalue weighted by Crippen LogP contribution is 2.28. The molecule has 0 aliphatic rings. The van der Waals surface area contributed by atoms with Gasteiger partial charge >= 0.3 is 11.6 Å². The average molecular weight is 359 g/mol. The van der Waals surface area contributed by atoms with E-state index in [9.17, 15) is 9.59 Å². The molecule has 3 rings (SSSR count). The summed E-state index contributed by atoms with van der Waals surface area (Å²) >= 11 is 0. The minimum Gasteiger partial charge on any atom is -0.423 e. The van der Waals surface area contributed by atoms with Crippen molar-refractivity contribution in [3.05, 3.63) is 81.2 Å². The van der Waals surface area contributed by atoms with E-state index in [1.165, 1.54) is 18.2 Å². The van der Waals surface area contributed by atoms with E-state index in [4.69, 9.17) is 14.4 Å². The molecule has 2 aromatic carbocycles. The first-order valence-electron chi connectivity index (χ1n) is 8.48. The van der Waals surface area contributed by atoms with Crippen LogP contribution in [-0.4, -0.2) is 5.97 Å². The minimum atomic E-state index is -0.577. The molecule has 0 spiro atoms. The number of esters is 1. The highest BCUT2D eigenvalue weighted by atomic mass is 16.5. The molecule has 5 nitrogen and oxygen atoms in total. The van der Waals surface area contributed by atoms with Crippen LogP contribution in [0.2, 0.25) is 0 Å². The third kappa shape index (κ3) is 3.96. The number of rotatable bonds is 4. The maximum atomic E-state index is 12.2. The SMILES string of the molecule is CCc1cc2c(C)cc(=O)oc2cc1OC(=O)/C=C/c1ccccc1C#N. The van der Waals surface area contributed by atoms with E-state index < -0.39 is 11.6 Å².